The number of halogens is 2. The fourth-order valence-corrected chi connectivity index (χ4v) is 4.09. The van der Waals surface area contributed by atoms with Crippen LogP contribution in [0.1, 0.15) is 29.8 Å². The van der Waals surface area contributed by atoms with Gasteiger partial charge in [0, 0.05) is 23.8 Å². The standard InChI is InChI=1S/C18H20ClFN2O3S/c1-4-22(5-2)26(24,25)14-8-9-17(20)15(11-14)18(23)21-13-7-6-12(3)16(19)10-13/h6-11H,4-5H2,1-3H3,(H,21,23). The van der Waals surface area contributed by atoms with Crippen molar-refractivity contribution in [3.8, 4) is 0 Å². The molecule has 0 saturated carbocycles. The van der Waals surface area contributed by atoms with Gasteiger partial charge in [0.05, 0.1) is 10.5 Å². The average Bonchev–Trinajstić information content (AvgIpc) is 2.59. The Bertz CT molecular complexity index is 928. The number of nitrogens with one attached hydrogen (secondary N) is 1. The number of sulfonamides is 1. The van der Waals surface area contributed by atoms with E-state index < -0.39 is 21.7 Å². The van der Waals surface area contributed by atoms with Crippen LogP contribution in [0, 0.1) is 12.7 Å². The minimum absolute atomic E-state index is 0.130. The number of hydrogen-bond acceptors (Lipinski definition) is 3. The molecule has 1 amide bonds. The van der Waals surface area contributed by atoms with Crippen molar-refractivity contribution in [1.82, 2.24) is 4.31 Å². The second-order valence-electron chi connectivity index (χ2n) is 5.65. The molecule has 0 bridgehead atoms. The topological polar surface area (TPSA) is 66.5 Å². The second kappa shape index (κ2) is 8.16. The zero-order chi connectivity index (χ0) is 19.5. The second-order valence-corrected chi connectivity index (χ2v) is 7.99. The molecule has 0 aromatic heterocycles. The Labute approximate surface area is 157 Å². The first-order valence-electron chi connectivity index (χ1n) is 8.07. The molecule has 2 aromatic rings. The molecule has 140 valence electrons. The molecule has 0 saturated heterocycles. The van der Waals surface area contributed by atoms with Crippen LogP contribution >= 0.6 is 11.6 Å². The maximum Gasteiger partial charge on any atom is 0.258 e. The van der Waals surface area contributed by atoms with Crippen LogP contribution in [0.15, 0.2) is 41.3 Å². The fraction of sp³-hybridized carbons (Fsp3) is 0.278. The summed E-state index contributed by atoms with van der Waals surface area (Å²) in [6.07, 6.45) is 0. The van der Waals surface area contributed by atoms with Gasteiger partial charge >= 0.3 is 0 Å². The highest BCUT2D eigenvalue weighted by atomic mass is 35.5. The number of amides is 1. The van der Waals surface area contributed by atoms with E-state index in [-0.39, 0.29) is 23.5 Å². The highest BCUT2D eigenvalue weighted by Gasteiger charge is 2.24. The predicted molar refractivity (Wildman–Crippen MR) is 101 cm³/mol. The molecule has 0 aliphatic heterocycles. The summed E-state index contributed by atoms with van der Waals surface area (Å²) in [6.45, 7) is 5.78. The Morgan fingerprint density at radius 3 is 2.38 bits per heavy atom. The van der Waals surface area contributed by atoms with Gasteiger partial charge in [-0.3, -0.25) is 4.79 Å². The average molecular weight is 399 g/mol. The molecule has 0 aliphatic rings. The van der Waals surface area contributed by atoms with E-state index in [9.17, 15) is 17.6 Å². The molecule has 2 aromatic carbocycles. The number of hydrogen-bond donors (Lipinski definition) is 1. The summed E-state index contributed by atoms with van der Waals surface area (Å²) in [5, 5.41) is 2.99. The largest absolute Gasteiger partial charge is 0.322 e. The van der Waals surface area contributed by atoms with E-state index in [0.717, 1.165) is 23.8 Å². The van der Waals surface area contributed by atoms with Gasteiger partial charge in [0.1, 0.15) is 5.82 Å². The van der Waals surface area contributed by atoms with Crippen LogP contribution in [0.25, 0.3) is 0 Å². The highest BCUT2D eigenvalue weighted by Crippen LogP contribution is 2.23. The van der Waals surface area contributed by atoms with E-state index in [1.807, 2.05) is 6.92 Å². The van der Waals surface area contributed by atoms with Crippen molar-refractivity contribution in [3.05, 3.63) is 58.4 Å². The molecule has 26 heavy (non-hydrogen) atoms. The molecule has 0 radical (unpaired) electrons. The quantitative estimate of drug-likeness (QED) is 0.797. The lowest BCUT2D eigenvalue weighted by atomic mass is 10.2. The number of rotatable bonds is 6. The van der Waals surface area contributed by atoms with Gasteiger partial charge in [-0.25, -0.2) is 12.8 Å². The molecule has 0 spiro atoms. The van der Waals surface area contributed by atoms with Crippen LogP contribution in [0.5, 0.6) is 0 Å². The molecule has 0 aliphatic carbocycles. The monoisotopic (exact) mass is 398 g/mol. The third kappa shape index (κ3) is 4.23. The minimum atomic E-state index is -3.79. The van der Waals surface area contributed by atoms with E-state index in [2.05, 4.69) is 5.32 Å². The molecule has 0 atom stereocenters. The summed E-state index contributed by atoms with van der Waals surface area (Å²) < 4.78 is 40.5. The summed E-state index contributed by atoms with van der Waals surface area (Å²) in [5.41, 5.74) is 0.875. The van der Waals surface area contributed by atoms with Crippen LogP contribution in [0.4, 0.5) is 10.1 Å². The zero-order valence-electron chi connectivity index (χ0n) is 14.7. The Balaban J connectivity index is 2.37. The molecule has 5 nitrogen and oxygen atoms in total. The van der Waals surface area contributed by atoms with Gasteiger partial charge in [-0.2, -0.15) is 4.31 Å². The van der Waals surface area contributed by atoms with Gasteiger partial charge in [-0.05, 0) is 42.8 Å². The SMILES string of the molecule is CCN(CC)S(=O)(=O)c1ccc(F)c(C(=O)Nc2ccc(C)c(Cl)c2)c1. The molecule has 2 rings (SSSR count). The fourth-order valence-electron chi connectivity index (χ4n) is 2.42. The van der Waals surface area contributed by atoms with Crippen LogP contribution < -0.4 is 5.32 Å². The first-order valence-corrected chi connectivity index (χ1v) is 9.89. The Morgan fingerprint density at radius 2 is 1.81 bits per heavy atom. The first kappa shape index (κ1) is 20.4. The zero-order valence-corrected chi connectivity index (χ0v) is 16.3. The molecule has 0 fully saturated rings. The van der Waals surface area contributed by atoms with Gasteiger partial charge in [0.25, 0.3) is 5.91 Å². The number of benzene rings is 2. The lowest BCUT2D eigenvalue weighted by molar-refractivity contribution is 0.102. The summed E-state index contributed by atoms with van der Waals surface area (Å²) in [7, 11) is -3.79. The number of aryl methyl sites for hydroxylation is 1. The minimum Gasteiger partial charge on any atom is -0.322 e. The molecule has 0 unspecified atom stereocenters. The van der Waals surface area contributed by atoms with Crippen LogP contribution in [-0.2, 0) is 10.0 Å². The van der Waals surface area contributed by atoms with E-state index >= 15 is 0 Å². The highest BCUT2D eigenvalue weighted by molar-refractivity contribution is 7.89. The number of anilines is 1. The third-order valence-electron chi connectivity index (χ3n) is 3.96. The smallest absolute Gasteiger partial charge is 0.258 e. The molecular weight excluding hydrogens is 379 g/mol. The number of carbonyl (C=O) groups is 1. The summed E-state index contributed by atoms with van der Waals surface area (Å²) in [4.78, 5) is 12.3. The third-order valence-corrected chi connectivity index (χ3v) is 6.41. The van der Waals surface area contributed by atoms with Crippen molar-refractivity contribution < 1.29 is 17.6 Å². The normalized spacial score (nSPS) is 11.6. The lowest BCUT2D eigenvalue weighted by Crippen LogP contribution is -2.31. The number of nitrogens with zero attached hydrogens (tertiary/aromatic N) is 1. The number of carbonyl (C=O) groups excluding carboxylic acids is 1. The molecule has 0 heterocycles. The summed E-state index contributed by atoms with van der Waals surface area (Å²) in [6, 6.07) is 8.08. The van der Waals surface area contributed by atoms with E-state index in [4.69, 9.17) is 11.6 Å². The van der Waals surface area contributed by atoms with Crippen molar-refractivity contribution >= 4 is 33.2 Å². The van der Waals surface area contributed by atoms with Crippen molar-refractivity contribution in [2.24, 2.45) is 0 Å². The molecule has 8 heteroatoms. The van der Waals surface area contributed by atoms with Gasteiger partial charge < -0.3 is 5.32 Å². The maximum atomic E-state index is 14.1. The maximum absolute atomic E-state index is 14.1. The van der Waals surface area contributed by atoms with Gasteiger partial charge in [0.2, 0.25) is 10.0 Å². The predicted octanol–water partition coefficient (Wildman–Crippen LogP) is 4.07. The van der Waals surface area contributed by atoms with Gasteiger partial charge in [0.15, 0.2) is 0 Å². The van der Waals surface area contributed by atoms with Crippen molar-refractivity contribution in [3.63, 3.8) is 0 Å². The van der Waals surface area contributed by atoms with Crippen molar-refractivity contribution in [1.29, 1.82) is 0 Å². The van der Waals surface area contributed by atoms with Crippen molar-refractivity contribution in [2.75, 3.05) is 18.4 Å². The Kier molecular flexibility index (Phi) is 6.39. The van der Waals surface area contributed by atoms with E-state index in [0.29, 0.717) is 10.7 Å². The van der Waals surface area contributed by atoms with Gasteiger partial charge in [-0.1, -0.05) is 31.5 Å². The van der Waals surface area contributed by atoms with E-state index in [1.54, 1.807) is 32.0 Å². The first-order chi connectivity index (χ1) is 12.2. The van der Waals surface area contributed by atoms with Crippen molar-refractivity contribution in [2.45, 2.75) is 25.7 Å². The van der Waals surface area contributed by atoms with E-state index in [1.165, 1.54) is 4.31 Å². The van der Waals surface area contributed by atoms with Crippen LogP contribution in [0.3, 0.4) is 0 Å². The Morgan fingerprint density at radius 1 is 1.15 bits per heavy atom. The van der Waals surface area contributed by atoms with Crippen LogP contribution in [-0.4, -0.2) is 31.7 Å². The lowest BCUT2D eigenvalue weighted by Gasteiger charge is -2.19. The van der Waals surface area contributed by atoms with Crippen LogP contribution in [0.2, 0.25) is 5.02 Å². The molecule has 1 N–H and O–H groups in total. The molecular formula is C18H20ClFN2O3S. The summed E-state index contributed by atoms with van der Waals surface area (Å²) in [5.74, 6) is -1.56. The van der Waals surface area contributed by atoms with Gasteiger partial charge in [-0.15, -0.1) is 0 Å². The Hall–Kier alpha value is -1.96. The summed E-state index contributed by atoms with van der Waals surface area (Å²) >= 11 is 6.02.